The second kappa shape index (κ2) is 9.25. The van der Waals surface area contributed by atoms with Crippen LogP contribution >= 0.6 is 0 Å². The minimum absolute atomic E-state index is 0.170. The Hall–Kier alpha value is -3.94. The van der Waals surface area contributed by atoms with Crippen molar-refractivity contribution in [3.63, 3.8) is 0 Å². The van der Waals surface area contributed by atoms with Crippen molar-refractivity contribution in [2.75, 3.05) is 6.54 Å². The molecule has 8 heteroatoms. The quantitative estimate of drug-likeness (QED) is 0.364. The first kappa shape index (κ1) is 20.3. The third-order valence-electron chi connectivity index (χ3n) is 4.49. The molecule has 0 spiro atoms. The van der Waals surface area contributed by atoms with Crippen molar-refractivity contribution < 1.29 is 22.4 Å². The molecule has 4 aromatic rings. The zero-order valence-corrected chi connectivity index (χ0v) is 16.8. The minimum atomic E-state index is -0.369. The zero-order chi connectivity index (χ0) is 21.6. The summed E-state index contributed by atoms with van der Waals surface area (Å²) in [6.07, 6.45) is 5.24. The number of amides is 1. The lowest BCUT2D eigenvalue weighted by Crippen LogP contribution is -2.29. The van der Waals surface area contributed by atoms with Gasteiger partial charge in [0.2, 0.25) is 11.8 Å². The van der Waals surface area contributed by atoms with Crippen LogP contribution in [0.5, 0.6) is 0 Å². The third kappa shape index (κ3) is 4.80. The maximum absolute atomic E-state index is 13.9. The van der Waals surface area contributed by atoms with Gasteiger partial charge in [0.15, 0.2) is 5.76 Å². The van der Waals surface area contributed by atoms with Crippen LogP contribution < -0.4 is 0 Å². The number of rotatable bonds is 8. The lowest BCUT2D eigenvalue weighted by molar-refractivity contribution is -0.126. The molecule has 0 saturated carbocycles. The van der Waals surface area contributed by atoms with Gasteiger partial charge in [-0.1, -0.05) is 19.1 Å². The summed E-state index contributed by atoms with van der Waals surface area (Å²) in [5.74, 6) is 1.27. The minimum Gasteiger partial charge on any atom is -0.459 e. The van der Waals surface area contributed by atoms with E-state index in [0.29, 0.717) is 35.3 Å². The Morgan fingerprint density at radius 2 is 1.94 bits per heavy atom. The molecule has 0 atom stereocenters. The van der Waals surface area contributed by atoms with Crippen molar-refractivity contribution in [3.8, 4) is 23.0 Å². The number of aromatic nitrogens is 2. The molecule has 158 valence electrons. The molecular formula is C23H20FN3O4. The number of benzene rings is 1. The summed E-state index contributed by atoms with van der Waals surface area (Å²) in [6.45, 7) is 2.66. The van der Waals surface area contributed by atoms with Gasteiger partial charge in [0.25, 0.3) is 5.89 Å². The fourth-order valence-corrected chi connectivity index (χ4v) is 3.02. The molecule has 0 unspecified atom stereocenters. The molecule has 31 heavy (non-hydrogen) atoms. The molecule has 3 aromatic heterocycles. The highest BCUT2D eigenvalue weighted by Gasteiger charge is 2.17. The van der Waals surface area contributed by atoms with Crippen molar-refractivity contribution in [3.05, 3.63) is 78.3 Å². The van der Waals surface area contributed by atoms with Crippen LogP contribution in [0.4, 0.5) is 4.39 Å². The van der Waals surface area contributed by atoms with Gasteiger partial charge in [-0.2, -0.15) is 0 Å². The van der Waals surface area contributed by atoms with E-state index < -0.39 is 0 Å². The Bertz CT molecular complexity index is 1180. The number of carbonyl (C=O) groups excluding carboxylic acids is 1. The average Bonchev–Trinajstić information content (AvgIpc) is 3.53. The molecule has 0 aliphatic rings. The van der Waals surface area contributed by atoms with E-state index in [1.807, 2.05) is 6.92 Å². The summed E-state index contributed by atoms with van der Waals surface area (Å²) < 4.78 is 30.4. The number of hydrogen-bond donors (Lipinski definition) is 0. The van der Waals surface area contributed by atoms with E-state index in [0.717, 1.165) is 6.42 Å². The first-order valence-corrected chi connectivity index (χ1v) is 9.82. The van der Waals surface area contributed by atoms with Crippen LogP contribution in [0, 0.1) is 5.82 Å². The van der Waals surface area contributed by atoms with Crippen molar-refractivity contribution in [1.29, 1.82) is 0 Å². The average molecular weight is 421 g/mol. The van der Waals surface area contributed by atoms with Gasteiger partial charge in [0, 0.05) is 12.6 Å². The van der Waals surface area contributed by atoms with Crippen molar-refractivity contribution in [1.82, 2.24) is 15.1 Å². The van der Waals surface area contributed by atoms with Gasteiger partial charge < -0.3 is 18.2 Å². The van der Waals surface area contributed by atoms with Crippen molar-refractivity contribution in [2.24, 2.45) is 0 Å². The lowest BCUT2D eigenvalue weighted by atomic mass is 10.1. The normalized spacial score (nSPS) is 11.3. The Morgan fingerprint density at radius 3 is 2.71 bits per heavy atom. The molecular weight excluding hydrogens is 401 g/mol. The molecule has 1 aromatic carbocycles. The highest BCUT2D eigenvalue weighted by molar-refractivity contribution is 5.91. The van der Waals surface area contributed by atoms with Crippen LogP contribution in [0.2, 0.25) is 0 Å². The van der Waals surface area contributed by atoms with Crippen LogP contribution in [0.3, 0.4) is 0 Å². The zero-order valence-electron chi connectivity index (χ0n) is 16.8. The second-order valence-corrected chi connectivity index (χ2v) is 6.75. The molecule has 0 fully saturated rings. The number of halogens is 1. The summed E-state index contributed by atoms with van der Waals surface area (Å²) in [4.78, 5) is 14.3. The van der Waals surface area contributed by atoms with E-state index in [1.54, 1.807) is 53.4 Å². The van der Waals surface area contributed by atoms with Gasteiger partial charge in [-0.3, -0.25) is 4.79 Å². The monoisotopic (exact) mass is 421 g/mol. The van der Waals surface area contributed by atoms with E-state index in [2.05, 4.69) is 10.2 Å². The summed E-state index contributed by atoms with van der Waals surface area (Å²) in [6, 6.07) is 13.1. The highest BCUT2D eigenvalue weighted by atomic mass is 19.1. The Morgan fingerprint density at radius 1 is 1.06 bits per heavy atom. The van der Waals surface area contributed by atoms with Gasteiger partial charge in [0.05, 0.1) is 18.4 Å². The maximum Gasteiger partial charge on any atom is 0.283 e. The predicted octanol–water partition coefficient (Wildman–Crippen LogP) is 5.18. The molecule has 0 saturated heterocycles. The van der Waals surface area contributed by atoms with Gasteiger partial charge in [-0.25, -0.2) is 4.39 Å². The standard InChI is InChI=1S/C23H20FN3O4/c1-2-13-27(15-21-25-26-23(31-21)20-8-5-14-29-20)22(28)12-10-16-9-11-19(30-16)17-6-3-4-7-18(17)24/h3-12,14H,2,13,15H2,1H3/b12-10+. The summed E-state index contributed by atoms with van der Waals surface area (Å²) in [7, 11) is 0. The number of nitrogens with zero attached hydrogens (tertiary/aromatic N) is 3. The molecule has 4 rings (SSSR count). The van der Waals surface area contributed by atoms with E-state index >= 15 is 0 Å². The SMILES string of the molecule is CCCN(Cc1nnc(-c2ccco2)o1)C(=O)/C=C/c1ccc(-c2ccccc2F)o1. The summed E-state index contributed by atoms with van der Waals surface area (Å²) in [5, 5.41) is 7.94. The van der Waals surface area contributed by atoms with E-state index in [1.165, 1.54) is 18.4 Å². The molecule has 3 heterocycles. The Kier molecular flexibility index (Phi) is 6.07. The molecule has 0 bridgehead atoms. The lowest BCUT2D eigenvalue weighted by Gasteiger charge is -2.18. The second-order valence-electron chi connectivity index (χ2n) is 6.75. The van der Waals surface area contributed by atoms with Gasteiger partial charge in [-0.05, 0) is 48.9 Å². The highest BCUT2D eigenvalue weighted by Crippen LogP contribution is 2.25. The fourth-order valence-electron chi connectivity index (χ4n) is 3.02. The Labute approximate surface area is 177 Å². The summed E-state index contributed by atoms with van der Waals surface area (Å²) >= 11 is 0. The van der Waals surface area contributed by atoms with Gasteiger partial charge in [-0.15, -0.1) is 10.2 Å². The van der Waals surface area contributed by atoms with Crippen LogP contribution in [0.25, 0.3) is 29.1 Å². The molecule has 0 aliphatic carbocycles. The van der Waals surface area contributed by atoms with Crippen molar-refractivity contribution >= 4 is 12.0 Å². The Balaban J connectivity index is 1.44. The van der Waals surface area contributed by atoms with Gasteiger partial charge >= 0.3 is 0 Å². The van der Waals surface area contributed by atoms with Crippen LogP contribution in [-0.2, 0) is 11.3 Å². The smallest absolute Gasteiger partial charge is 0.283 e. The number of furan rings is 2. The van der Waals surface area contributed by atoms with Crippen molar-refractivity contribution in [2.45, 2.75) is 19.9 Å². The number of hydrogen-bond acceptors (Lipinski definition) is 6. The first-order chi connectivity index (χ1) is 15.1. The molecule has 0 aliphatic heterocycles. The number of carbonyl (C=O) groups is 1. The fraction of sp³-hybridized carbons (Fsp3) is 0.174. The molecule has 0 radical (unpaired) electrons. The van der Waals surface area contributed by atoms with Gasteiger partial charge in [0.1, 0.15) is 17.3 Å². The summed E-state index contributed by atoms with van der Waals surface area (Å²) in [5.41, 5.74) is 0.366. The topological polar surface area (TPSA) is 85.5 Å². The molecule has 7 nitrogen and oxygen atoms in total. The first-order valence-electron chi connectivity index (χ1n) is 9.82. The van der Waals surface area contributed by atoms with E-state index in [-0.39, 0.29) is 24.2 Å². The van der Waals surface area contributed by atoms with E-state index in [9.17, 15) is 9.18 Å². The maximum atomic E-state index is 13.9. The van der Waals surface area contributed by atoms with Crippen LogP contribution in [0.15, 0.2) is 74.1 Å². The molecule has 1 amide bonds. The van der Waals surface area contributed by atoms with E-state index in [4.69, 9.17) is 13.3 Å². The predicted molar refractivity (Wildman–Crippen MR) is 111 cm³/mol. The largest absolute Gasteiger partial charge is 0.459 e. The molecule has 0 N–H and O–H groups in total. The van der Waals surface area contributed by atoms with Crippen LogP contribution in [0.1, 0.15) is 25.0 Å². The third-order valence-corrected chi connectivity index (χ3v) is 4.49. The van der Waals surface area contributed by atoms with Crippen LogP contribution in [-0.4, -0.2) is 27.5 Å².